The maximum atomic E-state index is 4.36. The smallest absolute Gasteiger partial charge is 0.203 e. The molecule has 0 aliphatic heterocycles. The molecule has 0 saturated heterocycles. The highest BCUT2D eigenvalue weighted by Gasteiger charge is 2.06. The van der Waals surface area contributed by atoms with Gasteiger partial charge in [-0.3, -0.25) is 0 Å². The molecule has 0 aliphatic rings. The summed E-state index contributed by atoms with van der Waals surface area (Å²) in [6, 6.07) is 8.98. The summed E-state index contributed by atoms with van der Waals surface area (Å²) < 4.78 is 2.16. The van der Waals surface area contributed by atoms with E-state index in [1.165, 1.54) is 11.1 Å². The van der Waals surface area contributed by atoms with Crippen LogP contribution in [0.25, 0.3) is 0 Å². The second-order valence-electron chi connectivity index (χ2n) is 4.80. The van der Waals surface area contributed by atoms with Crippen molar-refractivity contribution in [1.29, 1.82) is 0 Å². The van der Waals surface area contributed by atoms with Gasteiger partial charge in [-0.05, 0) is 31.4 Å². The molecule has 2 rings (SSSR count). The Labute approximate surface area is 109 Å². The van der Waals surface area contributed by atoms with Crippen LogP contribution >= 0.6 is 0 Å². The van der Waals surface area contributed by atoms with Gasteiger partial charge in [0.05, 0.1) is 6.54 Å². The lowest BCUT2D eigenvalue weighted by molar-refractivity contribution is 0.767. The molecular formula is C15H21N3. The number of nitrogens with one attached hydrogen (secondary N) is 1. The number of rotatable bonds is 5. The van der Waals surface area contributed by atoms with E-state index < -0.39 is 0 Å². The number of hydrogen-bond acceptors (Lipinski definition) is 2. The summed E-state index contributed by atoms with van der Waals surface area (Å²) >= 11 is 0. The summed E-state index contributed by atoms with van der Waals surface area (Å²) in [5, 5.41) is 3.36. The van der Waals surface area contributed by atoms with E-state index >= 15 is 0 Å². The molecule has 1 N–H and O–H groups in total. The Kier molecular flexibility index (Phi) is 4.03. The van der Waals surface area contributed by atoms with E-state index in [4.69, 9.17) is 0 Å². The van der Waals surface area contributed by atoms with Crippen LogP contribution in [0.2, 0.25) is 0 Å². The van der Waals surface area contributed by atoms with E-state index in [0.29, 0.717) is 6.04 Å². The van der Waals surface area contributed by atoms with Gasteiger partial charge in [-0.25, -0.2) is 4.98 Å². The molecule has 1 heterocycles. The van der Waals surface area contributed by atoms with E-state index in [9.17, 15) is 0 Å². The third kappa shape index (κ3) is 2.92. The first-order chi connectivity index (χ1) is 8.70. The molecule has 0 unspecified atom stereocenters. The summed E-state index contributed by atoms with van der Waals surface area (Å²) in [7, 11) is 0. The summed E-state index contributed by atoms with van der Waals surface area (Å²) in [4.78, 5) is 4.36. The van der Waals surface area contributed by atoms with Crippen LogP contribution < -0.4 is 5.32 Å². The summed E-state index contributed by atoms with van der Waals surface area (Å²) in [6.07, 6.45) is 4.94. The largest absolute Gasteiger partial charge is 0.353 e. The van der Waals surface area contributed by atoms with E-state index in [-0.39, 0.29) is 0 Å². The van der Waals surface area contributed by atoms with Crippen molar-refractivity contribution in [3.8, 4) is 0 Å². The number of aromatic nitrogens is 2. The summed E-state index contributed by atoms with van der Waals surface area (Å²) in [6.45, 7) is 7.32. The third-order valence-electron chi connectivity index (χ3n) is 2.97. The van der Waals surface area contributed by atoms with Gasteiger partial charge in [0.25, 0.3) is 0 Å². The number of benzene rings is 1. The second kappa shape index (κ2) is 5.71. The zero-order valence-electron chi connectivity index (χ0n) is 11.4. The van der Waals surface area contributed by atoms with Crippen LogP contribution in [0.3, 0.4) is 0 Å². The quantitative estimate of drug-likeness (QED) is 0.873. The van der Waals surface area contributed by atoms with Crippen LogP contribution in [0.1, 0.15) is 31.9 Å². The Bertz CT molecular complexity index is 500. The highest BCUT2D eigenvalue weighted by Crippen LogP contribution is 2.14. The Balaban J connectivity index is 2.21. The highest BCUT2D eigenvalue weighted by molar-refractivity contribution is 5.32. The predicted molar refractivity (Wildman–Crippen MR) is 75.9 cm³/mol. The minimum atomic E-state index is 0.396. The third-order valence-corrected chi connectivity index (χ3v) is 2.97. The maximum Gasteiger partial charge on any atom is 0.203 e. The molecule has 0 fully saturated rings. The first-order valence-electron chi connectivity index (χ1n) is 6.55. The van der Waals surface area contributed by atoms with E-state index in [1.54, 1.807) is 0 Å². The number of nitrogens with zero attached hydrogens (tertiary/aromatic N) is 2. The Morgan fingerprint density at radius 1 is 1.22 bits per heavy atom. The van der Waals surface area contributed by atoms with Gasteiger partial charge in [-0.15, -0.1) is 0 Å². The van der Waals surface area contributed by atoms with Gasteiger partial charge in [0.15, 0.2) is 0 Å². The molecule has 0 amide bonds. The zero-order chi connectivity index (χ0) is 13.0. The van der Waals surface area contributed by atoms with Crippen molar-refractivity contribution in [2.45, 2.75) is 39.8 Å². The van der Waals surface area contributed by atoms with Crippen LogP contribution in [0.5, 0.6) is 0 Å². The lowest BCUT2D eigenvalue weighted by atomic mass is 10.1. The Morgan fingerprint density at radius 2 is 1.94 bits per heavy atom. The van der Waals surface area contributed by atoms with Gasteiger partial charge < -0.3 is 9.88 Å². The molecule has 0 saturated carbocycles. The van der Waals surface area contributed by atoms with E-state index in [1.807, 2.05) is 12.4 Å². The standard InChI is InChI=1S/C15H21N3/c1-4-13-7-5-6-8-14(13)11-18-10-9-16-15(18)17-12(2)3/h5-10,12H,4,11H2,1-3H3,(H,16,17). The van der Waals surface area contributed by atoms with Gasteiger partial charge in [0, 0.05) is 18.4 Å². The normalized spacial score (nSPS) is 10.9. The van der Waals surface area contributed by atoms with Gasteiger partial charge in [0.2, 0.25) is 5.95 Å². The summed E-state index contributed by atoms with van der Waals surface area (Å²) in [5.41, 5.74) is 2.77. The monoisotopic (exact) mass is 243 g/mol. The maximum absolute atomic E-state index is 4.36. The molecule has 3 heteroatoms. The van der Waals surface area contributed by atoms with Crippen LogP contribution in [-0.4, -0.2) is 15.6 Å². The molecule has 0 bridgehead atoms. The van der Waals surface area contributed by atoms with Crippen molar-refractivity contribution < 1.29 is 0 Å². The number of hydrogen-bond donors (Lipinski definition) is 1. The first kappa shape index (κ1) is 12.7. The van der Waals surface area contributed by atoms with Crippen molar-refractivity contribution in [3.05, 3.63) is 47.8 Å². The van der Waals surface area contributed by atoms with Gasteiger partial charge in [-0.1, -0.05) is 31.2 Å². The fourth-order valence-corrected chi connectivity index (χ4v) is 2.08. The van der Waals surface area contributed by atoms with Gasteiger partial charge >= 0.3 is 0 Å². The minimum Gasteiger partial charge on any atom is -0.353 e. The molecule has 0 spiro atoms. The Hall–Kier alpha value is -1.77. The van der Waals surface area contributed by atoms with Crippen molar-refractivity contribution in [2.75, 3.05) is 5.32 Å². The van der Waals surface area contributed by atoms with Crippen molar-refractivity contribution in [1.82, 2.24) is 9.55 Å². The first-order valence-corrected chi connectivity index (χ1v) is 6.55. The molecule has 1 aromatic carbocycles. The molecule has 1 aromatic heterocycles. The van der Waals surface area contributed by atoms with Gasteiger partial charge in [0.1, 0.15) is 0 Å². The molecular weight excluding hydrogens is 222 g/mol. The van der Waals surface area contributed by atoms with Crippen LogP contribution in [0.15, 0.2) is 36.7 Å². The fourth-order valence-electron chi connectivity index (χ4n) is 2.08. The van der Waals surface area contributed by atoms with Crippen LogP contribution in [0, 0.1) is 0 Å². The molecule has 0 radical (unpaired) electrons. The predicted octanol–water partition coefficient (Wildman–Crippen LogP) is 3.31. The van der Waals surface area contributed by atoms with Crippen molar-refractivity contribution >= 4 is 5.95 Å². The van der Waals surface area contributed by atoms with E-state index in [0.717, 1.165) is 18.9 Å². The molecule has 0 aliphatic carbocycles. The second-order valence-corrected chi connectivity index (χ2v) is 4.80. The lowest BCUT2D eigenvalue weighted by Gasteiger charge is -2.14. The highest BCUT2D eigenvalue weighted by atomic mass is 15.2. The molecule has 96 valence electrons. The van der Waals surface area contributed by atoms with Crippen molar-refractivity contribution in [3.63, 3.8) is 0 Å². The fraction of sp³-hybridized carbons (Fsp3) is 0.400. The average Bonchev–Trinajstić information content (AvgIpc) is 2.76. The van der Waals surface area contributed by atoms with Crippen LogP contribution in [0.4, 0.5) is 5.95 Å². The average molecular weight is 243 g/mol. The zero-order valence-corrected chi connectivity index (χ0v) is 11.4. The number of imidazole rings is 1. The van der Waals surface area contributed by atoms with Crippen LogP contribution in [-0.2, 0) is 13.0 Å². The van der Waals surface area contributed by atoms with Crippen molar-refractivity contribution in [2.24, 2.45) is 0 Å². The topological polar surface area (TPSA) is 29.9 Å². The summed E-state index contributed by atoms with van der Waals surface area (Å²) in [5.74, 6) is 0.941. The SMILES string of the molecule is CCc1ccccc1Cn1ccnc1NC(C)C. The van der Waals surface area contributed by atoms with Gasteiger partial charge in [-0.2, -0.15) is 0 Å². The minimum absolute atomic E-state index is 0.396. The lowest BCUT2D eigenvalue weighted by Crippen LogP contribution is -2.15. The Morgan fingerprint density at radius 3 is 2.61 bits per heavy atom. The molecule has 0 atom stereocenters. The molecule has 18 heavy (non-hydrogen) atoms. The molecule has 2 aromatic rings. The van der Waals surface area contributed by atoms with E-state index in [2.05, 4.69) is 59.9 Å². The number of anilines is 1. The molecule has 3 nitrogen and oxygen atoms in total. The number of aryl methyl sites for hydroxylation is 1.